The van der Waals surface area contributed by atoms with Crippen LogP contribution >= 0.6 is 0 Å². The lowest BCUT2D eigenvalue weighted by Crippen LogP contribution is -2.28. The molecule has 2 aliphatic rings. The lowest BCUT2D eigenvalue weighted by atomic mass is 9.92. The fourth-order valence-corrected chi connectivity index (χ4v) is 2.54. The van der Waals surface area contributed by atoms with Crippen LogP contribution in [0.3, 0.4) is 0 Å². The van der Waals surface area contributed by atoms with Gasteiger partial charge >= 0.3 is 0 Å². The number of aryl methyl sites for hydroxylation is 2. The summed E-state index contributed by atoms with van der Waals surface area (Å²) >= 11 is 0. The number of allylic oxidation sites excluding steroid dienone is 1. The zero-order valence-corrected chi connectivity index (χ0v) is 11.2. The second-order valence-corrected chi connectivity index (χ2v) is 4.52. The molecule has 0 saturated carbocycles. The molecule has 1 aliphatic heterocycles. The van der Waals surface area contributed by atoms with Gasteiger partial charge < -0.3 is 10.6 Å². The monoisotopic (exact) mass is 230 g/mol. The van der Waals surface area contributed by atoms with Crippen molar-refractivity contribution < 1.29 is 0 Å². The van der Waals surface area contributed by atoms with E-state index in [2.05, 4.69) is 42.7 Å². The van der Waals surface area contributed by atoms with E-state index >= 15 is 0 Å². The maximum atomic E-state index is 3.50. The largest absolute Gasteiger partial charge is 0.367 e. The molecular weight excluding hydrogens is 208 g/mol. The maximum Gasteiger partial charge on any atom is 0.0933 e. The van der Waals surface area contributed by atoms with Gasteiger partial charge in [-0.15, -0.1) is 0 Å². The topological polar surface area (TPSA) is 24.1 Å². The minimum atomic E-state index is 0.377. The summed E-state index contributed by atoms with van der Waals surface area (Å²) in [4.78, 5) is 0. The third-order valence-corrected chi connectivity index (χ3v) is 3.23. The first kappa shape index (κ1) is 12.0. The number of hydrogen-bond acceptors (Lipinski definition) is 2. The van der Waals surface area contributed by atoms with E-state index in [1.165, 1.54) is 28.1 Å². The van der Waals surface area contributed by atoms with Crippen molar-refractivity contribution in [3.8, 4) is 0 Å². The minimum Gasteiger partial charge on any atom is -0.367 e. The van der Waals surface area contributed by atoms with Gasteiger partial charge in [0.05, 0.1) is 11.9 Å². The molecule has 0 aromatic heterocycles. The SMILES string of the molecule is CC.Cc1ccc2c(c1)CCC1=C2NC(C)N1. The van der Waals surface area contributed by atoms with Crippen molar-refractivity contribution in [3.05, 3.63) is 40.6 Å². The smallest absolute Gasteiger partial charge is 0.0933 e. The van der Waals surface area contributed by atoms with E-state index in [4.69, 9.17) is 0 Å². The number of hydrogen-bond donors (Lipinski definition) is 2. The Labute approximate surface area is 104 Å². The van der Waals surface area contributed by atoms with Crippen molar-refractivity contribution in [2.45, 2.75) is 46.7 Å². The zero-order chi connectivity index (χ0) is 12.4. The van der Waals surface area contributed by atoms with Crippen molar-refractivity contribution in [1.82, 2.24) is 10.6 Å². The number of fused-ring (bicyclic) bond motifs is 2. The molecule has 0 radical (unpaired) electrons. The molecule has 2 nitrogen and oxygen atoms in total. The van der Waals surface area contributed by atoms with Crippen LogP contribution < -0.4 is 10.6 Å². The first-order chi connectivity index (χ1) is 8.24. The van der Waals surface area contributed by atoms with Crippen LogP contribution in [0.5, 0.6) is 0 Å². The molecule has 17 heavy (non-hydrogen) atoms. The van der Waals surface area contributed by atoms with Gasteiger partial charge in [0.2, 0.25) is 0 Å². The molecule has 0 bridgehead atoms. The summed E-state index contributed by atoms with van der Waals surface area (Å²) < 4.78 is 0. The van der Waals surface area contributed by atoms with Crippen LogP contribution in [0.25, 0.3) is 5.70 Å². The first-order valence-electron chi connectivity index (χ1n) is 6.60. The van der Waals surface area contributed by atoms with Gasteiger partial charge in [0.25, 0.3) is 0 Å². The van der Waals surface area contributed by atoms with Gasteiger partial charge in [-0.05, 0) is 32.3 Å². The van der Waals surface area contributed by atoms with Gasteiger partial charge in [0.1, 0.15) is 0 Å². The maximum absolute atomic E-state index is 3.50. The summed E-state index contributed by atoms with van der Waals surface area (Å²) in [5.41, 5.74) is 6.94. The molecule has 1 unspecified atom stereocenters. The molecule has 2 N–H and O–H groups in total. The van der Waals surface area contributed by atoms with Gasteiger partial charge in [-0.3, -0.25) is 0 Å². The van der Waals surface area contributed by atoms with E-state index in [0.717, 1.165) is 12.8 Å². The second kappa shape index (κ2) is 4.82. The van der Waals surface area contributed by atoms with Crippen molar-refractivity contribution in [1.29, 1.82) is 0 Å². The standard InChI is InChI=1S/C13H16N2.C2H6/c1-8-3-5-11-10(7-8)4-6-12-13(11)15-9(2)14-12;1-2/h3,5,7,9,14-15H,4,6H2,1-2H3;1-2H3. The van der Waals surface area contributed by atoms with Crippen LogP contribution in [-0.4, -0.2) is 6.17 Å². The van der Waals surface area contributed by atoms with E-state index in [-0.39, 0.29) is 0 Å². The highest BCUT2D eigenvalue weighted by molar-refractivity contribution is 5.73. The predicted molar refractivity (Wildman–Crippen MR) is 73.5 cm³/mol. The normalized spacial score (nSPS) is 20.6. The number of nitrogens with one attached hydrogen (secondary N) is 2. The molecule has 3 rings (SSSR count). The van der Waals surface area contributed by atoms with Gasteiger partial charge in [0, 0.05) is 11.3 Å². The van der Waals surface area contributed by atoms with Crippen molar-refractivity contribution in [2.24, 2.45) is 0 Å². The van der Waals surface area contributed by atoms with E-state index < -0.39 is 0 Å². The van der Waals surface area contributed by atoms with E-state index in [0.29, 0.717) is 6.17 Å². The van der Waals surface area contributed by atoms with Crippen LogP contribution in [0.1, 0.15) is 43.9 Å². The average molecular weight is 230 g/mol. The Hall–Kier alpha value is -1.44. The Morgan fingerprint density at radius 2 is 1.88 bits per heavy atom. The van der Waals surface area contributed by atoms with Crippen molar-refractivity contribution in [2.75, 3.05) is 0 Å². The van der Waals surface area contributed by atoms with E-state index in [9.17, 15) is 0 Å². The third-order valence-electron chi connectivity index (χ3n) is 3.23. The fraction of sp³-hybridized carbons (Fsp3) is 0.467. The van der Waals surface area contributed by atoms with Gasteiger partial charge in [-0.25, -0.2) is 0 Å². The molecule has 1 aliphatic carbocycles. The quantitative estimate of drug-likeness (QED) is 0.715. The lowest BCUT2D eigenvalue weighted by molar-refractivity contribution is 0.607. The minimum absolute atomic E-state index is 0.377. The molecule has 1 heterocycles. The summed E-state index contributed by atoms with van der Waals surface area (Å²) in [5.74, 6) is 0. The van der Waals surface area contributed by atoms with Crippen LogP contribution in [-0.2, 0) is 6.42 Å². The summed E-state index contributed by atoms with van der Waals surface area (Å²) in [6, 6.07) is 6.75. The highest BCUT2D eigenvalue weighted by Gasteiger charge is 2.25. The summed E-state index contributed by atoms with van der Waals surface area (Å²) in [5, 5.41) is 6.98. The highest BCUT2D eigenvalue weighted by atomic mass is 15.2. The van der Waals surface area contributed by atoms with Gasteiger partial charge in [-0.2, -0.15) is 0 Å². The fourth-order valence-electron chi connectivity index (χ4n) is 2.54. The average Bonchev–Trinajstić information content (AvgIpc) is 2.72. The van der Waals surface area contributed by atoms with Crippen molar-refractivity contribution in [3.63, 3.8) is 0 Å². The van der Waals surface area contributed by atoms with Crippen LogP contribution in [0, 0.1) is 6.92 Å². The van der Waals surface area contributed by atoms with Crippen LogP contribution in [0.2, 0.25) is 0 Å². The molecule has 0 amide bonds. The van der Waals surface area contributed by atoms with Gasteiger partial charge in [-0.1, -0.05) is 37.6 Å². The Morgan fingerprint density at radius 3 is 2.65 bits per heavy atom. The zero-order valence-electron chi connectivity index (χ0n) is 11.2. The van der Waals surface area contributed by atoms with E-state index in [1.54, 1.807) is 0 Å². The Bertz CT molecular complexity index is 446. The first-order valence-corrected chi connectivity index (χ1v) is 6.60. The molecular formula is C15H22N2. The summed E-state index contributed by atoms with van der Waals surface area (Å²) in [7, 11) is 0. The molecule has 0 fully saturated rings. The number of benzene rings is 1. The Kier molecular flexibility index (Phi) is 3.41. The predicted octanol–water partition coefficient (Wildman–Crippen LogP) is 3.17. The number of rotatable bonds is 0. The molecule has 1 aromatic carbocycles. The van der Waals surface area contributed by atoms with E-state index in [1.807, 2.05) is 13.8 Å². The molecule has 0 saturated heterocycles. The van der Waals surface area contributed by atoms with Gasteiger partial charge in [0.15, 0.2) is 0 Å². The molecule has 2 heteroatoms. The lowest BCUT2D eigenvalue weighted by Gasteiger charge is -2.18. The molecule has 92 valence electrons. The Balaban J connectivity index is 0.000000514. The summed E-state index contributed by atoms with van der Waals surface area (Å²) in [6.45, 7) is 8.32. The molecule has 1 aromatic rings. The van der Waals surface area contributed by atoms with Crippen molar-refractivity contribution >= 4 is 5.70 Å². The Morgan fingerprint density at radius 1 is 1.12 bits per heavy atom. The highest BCUT2D eigenvalue weighted by Crippen LogP contribution is 2.31. The van der Waals surface area contributed by atoms with Crippen LogP contribution in [0.4, 0.5) is 0 Å². The molecule has 1 atom stereocenters. The van der Waals surface area contributed by atoms with Crippen LogP contribution in [0.15, 0.2) is 23.9 Å². The molecule has 0 spiro atoms. The second-order valence-electron chi connectivity index (χ2n) is 4.52. The third kappa shape index (κ3) is 2.17. The summed E-state index contributed by atoms with van der Waals surface area (Å²) in [6.07, 6.45) is 2.68.